The molecule has 0 spiro atoms. The highest BCUT2D eigenvalue weighted by Crippen LogP contribution is 2.20. The first-order valence-electron chi connectivity index (χ1n) is 6.15. The third-order valence-corrected chi connectivity index (χ3v) is 2.86. The van der Waals surface area contributed by atoms with E-state index in [2.05, 4.69) is 20.4 Å². The van der Waals surface area contributed by atoms with Gasteiger partial charge in [0.25, 0.3) is 0 Å². The Morgan fingerprint density at radius 3 is 2.81 bits per heavy atom. The topological polar surface area (TPSA) is 51.5 Å². The van der Waals surface area contributed by atoms with Gasteiger partial charge < -0.3 is 4.74 Å². The van der Waals surface area contributed by atoms with Crippen molar-refractivity contribution in [1.82, 2.24) is 4.98 Å². The summed E-state index contributed by atoms with van der Waals surface area (Å²) < 4.78 is 4.25. The van der Waals surface area contributed by atoms with Crippen molar-refractivity contribution in [3.63, 3.8) is 0 Å². The molecule has 0 radical (unpaired) electrons. The molecule has 4 nitrogen and oxygen atoms in total. The van der Waals surface area contributed by atoms with Crippen molar-refractivity contribution in [2.45, 2.75) is 0 Å². The number of nitrogens with zero attached hydrogens (tertiary/aromatic N) is 2. The largest absolute Gasteiger partial charge is 0.388 e. The Hall–Kier alpha value is -2.26. The maximum absolute atomic E-state index is 12.4. The van der Waals surface area contributed by atoms with Crippen LogP contribution in [0.2, 0.25) is 5.02 Å². The Bertz CT molecular complexity index is 822. The lowest BCUT2D eigenvalue weighted by molar-refractivity contribution is 0.277. The molecule has 0 aliphatic carbocycles. The maximum atomic E-state index is 12.4. The Morgan fingerprint density at radius 2 is 2.05 bits per heavy atom. The van der Waals surface area contributed by atoms with Crippen LogP contribution in [0.5, 0.6) is 0 Å². The van der Waals surface area contributed by atoms with Crippen molar-refractivity contribution in [2.75, 3.05) is 14.2 Å². The van der Waals surface area contributed by atoms with Crippen LogP contribution in [0.1, 0.15) is 5.56 Å². The number of pyridine rings is 1. The lowest BCUT2D eigenvalue weighted by Crippen LogP contribution is -1.99. The molecule has 0 bridgehead atoms. The van der Waals surface area contributed by atoms with Crippen LogP contribution in [-0.2, 0) is 4.74 Å². The van der Waals surface area contributed by atoms with E-state index in [-0.39, 0.29) is 5.43 Å². The lowest BCUT2D eigenvalue weighted by atomic mass is 10.2. The Kier molecular flexibility index (Phi) is 5.01. The van der Waals surface area contributed by atoms with E-state index in [1.165, 1.54) is 6.20 Å². The second kappa shape index (κ2) is 6.95. The van der Waals surface area contributed by atoms with Crippen LogP contribution in [0.4, 0.5) is 5.69 Å². The summed E-state index contributed by atoms with van der Waals surface area (Å²) in [5, 5.41) is 0.905. The SMILES string of the molecule is COC.O=c1c2c(ccc3ncc(Cl)cc13)C=C=CC=N2. The number of methoxy groups -OCH3 is 1. The summed E-state index contributed by atoms with van der Waals surface area (Å²) in [6.45, 7) is 0. The van der Waals surface area contributed by atoms with Crippen molar-refractivity contribution >= 4 is 40.5 Å². The molecule has 3 rings (SSSR count). The molecule has 2 heterocycles. The van der Waals surface area contributed by atoms with Crippen LogP contribution >= 0.6 is 11.6 Å². The number of fused-ring (bicyclic) bond motifs is 2. The van der Waals surface area contributed by atoms with Gasteiger partial charge in [0, 0.05) is 32.2 Å². The van der Waals surface area contributed by atoms with E-state index in [9.17, 15) is 4.79 Å². The van der Waals surface area contributed by atoms with Crippen LogP contribution in [0.25, 0.3) is 17.0 Å². The number of ether oxygens (including phenoxy) is 1. The third kappa shape index (κ3) is 3.44. The van der Waals surface area contributed by atoms with Gasteiger partial charge in [-0.15, -0.1) is 5.73 Å². The summed E-state index contributed by atoms with van der Waals surface area (Å²) >= 11 is 5.88. The summed E-state index contributed by atoms with van der Waals surface area (Å²) in [5.74, 6) is 0. The molecule has 5 heteroatoms. The molecule has 0 saturated carbocycles. The highest BCUT2D eigenvalue weighted by atomic mass is 35.5. The maximum Gasteiger partial charge on any atom is 0.214 e. The van der Waals surface area contributed by atoms with Crippen LogP contribution in [-0.4, -0.2) is 25.4 Å². The number of aliphatic imine (C=N–C) groups is 1. The van der Waals surface area contributed by atoms with Crippen LogP contribution in [0.15, 0.2) is 46.0 Å². The molecule has 1 aliphatic heterocycles. The number of aromatic nitrogens is 1. The smallest absolute Gasteiger partial charge is 0.214 e. The number of rotatable bonds is 0. The first kappa shape index (κ1) is 15.1. The number of allylic oxidation sites excluding steroid dienone is 1. The molecule has 0 saturated heterocycles. The van der Waals surface area contributed by atoms with Gasteiger partial charge in [-0.05, 0) is 30.4 Å². The standard InChI is InChI=1S/C14H7ClN2O.C2H6O/c15-10-7-11-12(17-8-10)5-4-9-3-1-2-6-16-13(9)14(11)18;1-3-2/h2-8H;1-2H3. The van der Waals surface area contributed by atoms with Gasteiger partial charge in [-0.2, -0.15) is 0 Å². The van der Waals surface area contributed by atoms with Crippen LogP contribution < -0.4 is 5.43 Å². The Morgan fingerprint density at radius 1 is 1.29 bits per heavy atom. The van der Waals surface area contributed by atoms with E-state index >= 15 is 0 Å². The zero-order chi connectivity index (χ0) is 15.2. The van der Waals surface area contributed by atoms with Crippen molar-refractivity contribution in [3.8, 4) is 0 Å². The lowest BCUT2D eigenvalue weighted by Gasteiger charge is -1.93. The van der Waals surface area contributed by atoms with Gasteiger partial charge in [0.05, 0.1) is 15.9 Å². The molecule has 1 aromatic carbocycles. The van der Waals surface area contributed by atoms with E-state index < -0.39 is 0 Å². The van der Waals surface area contributed by atoms with Crippen LogP contribution in [0, 0.1) is 0 Å². The van der Waals surface area contributed by atoms with Gasteiger partial charge in [0.2, 0.25) is 5.43 Å². The van der Waals surface area contributed by atoms with E-state index in [4.69, 9.17) is 11.6 Å². The molecule has 2 aromatic rings. The van der Waals surface area contributed by atoms with Crippen molar-refractivity contribution in [2.24, 2.45) is 4.99 Å². The first-order valence-corrected chi connectivity index (χ1v) is 6.53. The van der Waals surface area contributed by atoms with E-state index in [0.29, 0.717) is 21.6 Å². The fourth-order valence-electron chi connectivity index (χ4n) is 1.81. The quantitative estimate of drug-likeness (QED) is 0.701. The molecule has 0 amide bonds. The zero-order valence-corrected chi connectivity index (χ0v) is 12.4. The Balaban J connectivity index is 0.000000497. The molecule has 0 N–H and O–H groups in total. The molecule has 1 aromatic heterocycles. The fraction of sp³-hybridized carbons (Fsp3) is 0.125. The van der Waals surface area contributed by atoms with E-state index in [1.54, 1.807) is 44.7 Å². The molecule has 0 fully saturated rings. The van der Waals surface area contributed by atoms with E-state index in [1.807, 2.05) is 6.07 Å². The Labute approximate surface area is 127 Å². The van der Waals surface area contributed by atoms with Gasteiger partial charge in [-0.1, -0.05) is 11.6 Å². The summed E-state index contributed by atoms with van der Waals surface area (Å²) in [5.41, 5.74) is 4.46. The summed E-state index contributed by atoms with van der Waals surface area (Å²) in [6, 6.07) is 5.21. The third-order valence-electron chi connectivity index (χ3n) is 2.65. The summed E-state index contributed by atoms with van der Waals surface area (Å²) in [6.07, 6.45) is 6.46. The molecular formula is C16H13ClN2O2. The van der Waals surface area contributed by atoms with Gasteiger partial charge >= 0.3 is 0 Å². The minimum absolute atomic E-state index is 0.176. The van der Waals surface area contributed by atoms with Gasteiger partial charge in [0.1, 0.15) is 5.69 Å². The predicted octanol–water partition coefficient (Wildman–Crippen LogP) is 3.40. The van der Waals surface area contributed by atoms with Crippen molar-refractivity contribution in [1.29, 1.82) is 0 Å². The molecule has 106 valence electrons. The van der Waals surface area contributed by atoms with E-state index in [0.717, 1.165) is 5.56 Å². The van der Waals surface area contributed by atoms with Gasteiger partial charge in [0.15, 0.2) is 0 Å². The van der Waals surface area contributed by atoms with Crippen molar-refractivity contribution < 1.29 is 4.74 Å². The molecule has 1 aliphatic rings. The fourth-order valence-corrected chi connectivity index (χ4v) is 1.97. The molecular weight excluding hydrogens is 288 g/mol. The highest BCUT2D eigenvalue weighted by Gasteiger charge is 2.08. The molecule has 0 unspecified atom stereocenters. The minimum atomic E-state index is -0.176. The molecule has 21 heavy (non-hydrogen) atoms. The second-order valence-electron chi connectivity index (χ2n) is 4.22. The average molecular weight is 301 g/mol. The van der Waals surface area contributed by atoms with Gasteiger partial charge in [-0.3, -0.25) is 14.8 Å². The minimum Gasteiger partial charge on any atom is -0.388 e. The highest BCUT2D eigenvalue weighted by molar-refractivity contribution is 6.31. The first-order chi connectivity index (χ1) is 10.2. The summed E-state index contributed by atoms with van der Waals surface area (Å²) in [7, 11) is 3.25. The normalized spacial score (nSPS) is 11.6. The van der Waals surface area contributed by atoms with Gasteiger partial charge in [-0.25, -0.2) is 0 Å². The predicted molar refractivity (Wildman–Crippen MR) is 86.7 cm³/mol. The summed E-state index contributed by atoms with van der Waals surface area (Å²) in [4.78, 5) is 20.7. The number of hydrogen-bond donors (Lipinski definition) is 0. The number of halogens is 1. The number of hydrogen-bond acceptors (Lipinski definition) is 4. The van der Waals surface area contributed by atoms with Crippen molar-refractivity contribution in [3.05, 3.63) is 57.0 Å². The van der Waals surface area contributed by atoms with Crippen LogP contribution in [0.3, 0.4) is 0 Å². The zero-order valence-electron chi connectivity index (χ0n) is 11.6. The second-order valence-corrected chi connectivity index (χ2v) is 4.65. The monoisotopic (exact) mass is 300 g/mol. The molecule has 0 atom stereocenters. The average Bonchev–Trinajstić information content (AvgIpc) is 2.76.